The third kappa shape index (κ3) is 2.46. The number of nitrogens with two attached hydrogens (primary N) is 1. The van der Waals surface area contributed by atoms with Gasteiger partial charge in [-0.25, -0.2) is 0 Å². The molecule has 0 saturated heterocycles. The Morgan fingerprint density at radius 1 is 1.27 bits per heavy atom. The van der Waals surface area contributed by atoms with Crippen LogP contribution in [0.15, 0.2) is 0 Å². The Balaban J connectivity index is 2.30. The first-order valence-corrected chi connectivity index (χ1v) is 4.69. The fourth-order valence-electron chi connectivity index (χ4n) is 2.02. The van der Waals surface area contributed by atoms with Gasteiger partial charge in [0.1, 0.15) is 0 Å². The van der Waals surface area contributed by atoms with E-state index in [1.54, 1.807) is 0 Å². The molecule has 0 spiro atoms. The van der Waals surface area contributed by atoms with Gasteiger partial charge in [-0.15, -0.1) is 0 Å². The second kappa shape index (κ2) is 4.73. The summed E-state index contributed by atoms with van der Waals surface area (Å²) in [7, 11) is 0. The van der Waals surface area contributed by atoms with Crippen LogP contribution < -0.4 is 5.73 Å². The summed E-state index contributed by atoms with van der Waals surface area (Å²) in [6.07, 6.45) is 6.60. The summed E-state index contributed by atoms with van der Waals surface area (Å²) in [4.78, 5) is 0. The minimum Gasteiger partial charge on any atom is -0.396 e. The van der Waals surface area contributed by atoms with E-state index in [4.69, 9.17) is 10.8 Å². The molecule has 0 aromatic rings. The van der Waals surface area contributed by atoms with Crippen molar-refractivity contribution in [2.75, 3.05) is 13.2 Å². The van der Waals surface area contributed by atoms with Crippen LogP contribution in [-0.2, 0) is 0 Å². The normalized spacial score (nSPS) is 23.5. The van der Waals surface area contributed by atoms with Crippen molar-refractivity contribution in [2.24, 2.45) is 17.6 Å². The molecule has 11 heavy (non-hydrogen) atoms. The van der Waals surface area contributed by atoms with Gasteiger partial charge >= 0.3 is 0 Å². The summed E-state index contributed by atoms with van der Waals surface area (Å²) >= 11 is 0. The first kappa shape index (κ1) is 9.01. The van der Waals surface area contributed by atoms with E-state index < -0.39 is 0 Å². The fourth-order valence-corrected chi connectivity index (χ4v) is 2.02. The van der Waals surface area contributed by atoms with Crippen molar-refractivity contribution in [1.29, 1.82) is 0 Å². The van der Waals surface area contributed by atoms with Gasteiger partial charge in [-0.3, -0.25) is 0 Å². The van der Waals surface area contributed by atoms with E-state index in [0.29, 0.717) is 18.4 Å². The smallest absolute Gasteiger partial charge is 0.0473 e. The molecular formula is C9H19NO. The molecule has 0 aromatic carbocycles. The second-order valence-electron chi connectivity index (χ2n) is 3.58. The van der Waals surface area contributed by atoms with Crippen molar-refractivity contribution < 1.29 is 5.11 Å². The Morgan fingerprint density at radius 2 is 1.91 bits per heavy atom. The second-order valence-corrected chi connectivity index (χ2v) is 3.58. The van der Waals surface area contributed by atoms with Crippen molar-refractivity contribution in [3.8, 4) is 0 Å². The average Bonchev–Trinajstić information content (AvgIpc) is 2.09. The maximum atomic E-state index is 9.00. The summed E-state index contributed by atoms with van der Waals surface area (Å²) in [5.41, 5.74) is 5.55. The fraction of sp³-hybridized carbons (Fsp3) is 1.00. The monoisotopic (exact) mass is 157 g/mol. The molecule has 0 aromatic heterocycles. The molecule has 2 heteroatoms. The van der Waals surface area contributed by atoms with Crippen LogP contribution in [0, 0.1) is 11.8 Å². The lowest BCUT2D eigenvalue weighted by Gasteiger charge is -2.27. The number of hydrogen-bond acceptors (Lipinski definition) is 2. The molecular weight excluding hydrogens is 138 g/mol. The highest BCUT2D eigenvalue weighted by Crippen LogP contribution is 2.29. The summed E-state index contributed by atoms with van der Waals surface area (Å²) in [6.45, 7) is 0.933. The molecule has 3 N–H and O–H groups in total. The molecule has 1 aliphatic rings. The number of aliphatic hydroxyl groups is 1. The molecule has 0 heterocycles. The maximum Gasteiger partial charge on any atom is 0.0473 e. The predicted molar refractivity (Wildman–Crippen MR) is 46.2 cm³/mol. The number of hydrogen-bond donors (Lipinski definition) is 2. The van der Waals surface area contributed by atoms with E-state index >= 15 is 0 Å². The quantitative estimate of drug-likeness (QED) is 0.645. The average molecular weight is 157 g/mol. The first-order valence-electron chi connectivity index (χ1n) is 4.69. The van der Waals surface area contributed by atoms with Crippen molar-refractivity contribution >= 4 is 0 Å². The summed E-state index contributed by atoms with van der Waals surface area (Å²) in [5.74, 6) is 1.08. The van der Waals surface area contributed by atoms with Crippen LogP contribution in [-0.4, -0.2) is 18.3 Å². The molecule has 66 valence electrons. The zero-order chi connectivity index (χ0) is 8.10. The molecule has 0 bridgehead atoms. The lowest BCUT2D eigenvalue weighted by Crippen LogP contribution is -2.28. The Kier molecular flexibility index (Phi) is 3.87. The van der Waals surface area contributed by atoms with Gasteiger partial charge < -0.3 is 10.8 Å². The highest BCUT2D eigenvalue weighted by molar-refractivity contribution is 4.73. The summed E-state index contributed by atoms with van der Waals surface area (Å²) in [6, 6.07) is 0. The SMILES string of the molecule is NCC(CO)C1CCCCC1. The minimum absolute atomic E-state index is 0.279. The van der Waals surface area contributed by atoms with Crippen LogP contribution in [0.5, 0.6) is 0 Å². The van der Waals surface area contributed by atoms with Crippen LogP contribution in [0.4, 0.5) is 0 Å². The maximum absolute atomic E-state index is 9.00. The lowest BCUT2D eigenvalue weighted by atomic mass is 9.80. The molecule has 0 radical (unpaired) electrons. The van der Waals surface area contributed by atoms with Gasteiger partial charge in [-0.2, -0.15) is 0 Å². The predicted octanol–water partition coefficient (Wildman–Crippen LogP) is 1.13. The Bertz CT molecular complexity index is 95.7. The standard InChI is InChI=1S/C9H19NO/c10-6-9(7-11)8-4-2-1-3-5-8/h8-9,11H,1-7,10H2. The molecule has 0 aliphatic heterocycles. The third-order valence-electron chi connectivity index (χ3n) is 2.85. The molecule has 1 rings (SSSR count). The first-order chi connectivity index (χ1) is 5.38. The molecule has 1 saturated carbocycles. The van der Waals surface area contributed by atoms with Crippen LogP contribution >= 0.6 is 0 Å². The van der Waals surface area contributed by atoms with Gasteiger partial charge in [0.15, 0.2) is 0 Å². The molecule has 1 unspecified atom stereocenters. The van der Waals surface area contributed by atoms with Crippen molar-refractivity contribution in [3.05, 3.63) is 0 Å². The van der Waals surface area contributed by atoms with Crippen molar-refractivity contribution in [3.63, 3.8) is 0 Å². The van der Waals surface area contributed by atoms with Crippen molar-refractivity contribution in [1.82, 2.24) is 0 Å². The largest absolute Gasteiger partial charge is 0.396 e. The summed E-state index contributed by atoms with van der Waals surface area (Å²) < 4.78 is 0. The zero-order valence-corrected chi connectivity index (χ0v) is 7.13. The van der Waals surface area contributed by atoms with E-state index in [9.17, 15) is 0 Å². The van der Waals surface area contributed by atoms with E-state index in [0.717, 1.165) is 0 Å². The van der Waals surface area contributed by atoms with Crippen LogP contribution in [0.1, 0.15) is 32.1 Å². The van der Waals surface area contributed by atoms with Crippen LogP contribution in [0.3, 0.4) is 0 Å². The Hall–Kier alpha value is -0.0800. The minimum atomic E-state index is 0.279. The Morgan fingerprint density at radius 3 is 2.36 bits per heavy atom. The summed E-state index contributed by atoms with van der Waals surface area (Å²) in [5, 5.41) is 9.00. The highest BCUT2D eigenvalue weighted by Gasteiger charge is 2.21. The number of aliphatic hydroxyl groups excluding tert-OH is 1. The number of rotatable bonds is 3. The van der Waals surface area contributed by atoms with Gasteiger partial charge in [-0.05, 0) is 18.4 Å². The van der Waals surface area contributed by atoms with E-state index in [1.165, 1.54) is 32.1 Å². The topological polar surface area (TPSA) is 46.2 Å². The molecule has 1 fully saturated rings. The molecule has 1 atom stereocenters. The van der Waals surface area contributed by atoms with Crippen LogP contribution in [0.25, 0.3) is 0 Å². The lowest BCUT2D eigenvalue weighted by molar-refractivity contribution is 0.153. The van der Waals surface area contributed by atoms with Gasteiger partial charge in [0.25, 0.3) is 0 Å². The van der Waals surface area contributed by atoms with Gasteiger partial charge in [-0.1, -0.05) is 32.1 Å². The van der Waals surface area contributed by atoms with Crippen LogP contribution in [0.2, 0.25) is 0 Å². The van der Waals surface area contributed by atoms with Gasteiger partial charge in [0.05, 0.1) is 0 Å². The van der Waals surface area contributed by atoms with E-state index in [-0.39, 0.29) is 6.61 Å². The molecule has 1 aliphatic carbocycles. The van der Waals surface area contributed by atoms with Crippen molar-refractivity contribution in [2.45, 2.75) is 32.1 Å². The molecule has 2 nitrogen and oxygen atoms in total. The molecule has 0 amide bonds. The van der Waals surface area contributed by atoms with E-state index in [1.807, 2.05) is 0 Å². The van der Waals surface area contributed by atoms with Gasteiger partial charge in [0, 0.05) is 6.61 Å². The third-order valence-corrected chi connectivity index (χ3v) is 2.85. The zero-order valence-electron chi connectivity index (χ0n) is 7.13. The van der Waals surface area contributed by atoms with Gasteiger partial charge in [0.2, 0.25) is 0 Å². The highest BCUT2D eigenvalue weighted by atomic mass is 16.3. The van der Waals surface area contributed by atoms with E-state index in [2.05, 4.69) is 0 Å². The Labute approximate surface area is 68.8 Å².